The number of carbonyl (C=O) groups excluding carboxylic acids is 1. The summed E-state index contributed by atoms with van der Waals surface area (Å²) in [5.41, 5.74) is -1.14. The fraction of sp³-hybridized carbons (Fsp3) is 0.667. The first-order chi connectivity index (χ1) is 9.44. The lowest BCUT2D eigenvalue weighted by Gasteiger charge is -2.26. The van der Waals surface area contributed by atoms with Crippen LogP contribution in [0.5, 0.6) is 0 Å². The van der Waals surface area contributed by atoms with Crippen molar-refractivity contribution < 1.29 is 14.7 Å². The molecule has 1 unspecified atom stereocenters. The molecule has 0 spiro atoms. The van der Waals surface area contributed by atoms with E-state index in [1.54, 1.807) is 24.9 Å². The van der Waals surface area contributed by atoms with Crippen LogP contribution in [0.2, 0.25) is 0 Å². The van der Waals surface area contributed by atoms with Gasteiger partial charge in [-0.2, -0.15) is 0 Å². The summed E-state index contributed by atoms with van der Waals surface area (Å²) in [6, 6.07) is -0.848. The van der Waals surface area contributed by atoms with Crippen LogP contribution in [0.15, 0.2) is 6.33 Å². The quantitative estimate of drug-likeness (QED) is 0.747. The highest BCUT2D eigenvalue weighted by atomic mass is 16.4. The highest BCUT2D eigenvalue weighted by Gasteiger charge is 2.42. The van der Waals surface area contributed by atoms with Gasteiger partial charge in [-0.1, -0.05) is 12.8 Å². The van der Waals surface area contributed by atoms with Gasteiger partial charge < -0.3 is 20.3 Å². The van der Waals surface area contributed by atoms with E-state index in [1.165, 1.54) is 0 Å². The van der Waals surface area contributed by atoms with E-state index in [0.29, 0.717) is 18.7 Å². The number of rotatable bonds is 4. The Hall–Kier alpha value is -2.12. The van der Waals surface area contributed by atoms with Crippen LogP contribution in [-0.4, -0.2) is 37.4 Å². The smallest absolute Gasteiger partial charge is 0.329 e. The van der Waals surface area contributed by atoms with Crippen molar-refractivity contribution in [3.63, 3.8) is 0 Å². The number of nitrogens with zero attached hydrogens (tertiary/aromatic N) is 3. The zero-order valence-electron chi connectivity index (χ0n) is 11.6. The Kier molecular flexibility index (Phi) is 3.91. The van der Waals surface area contributed by atoms with Crippen LogP contribution >= 0.6 is 0 Å². The number of urea groups is 1. The van der Waals surface area contributed by atoms with E-state index < -0.39 is 17.5 Å². The summed E-state index contributed by atoms with van der Waals surface area (Å²) in [5.74, 6) is -0.368. The number of amides is 2. The van der Waals surface area contributed by atoms with E-state index in [2.05, 4.69) is 20.8 Å². The third-order valence-electron chi connectivity index (χ3n) is 3.70. The van der Waals surface area contributed by atoms with Gasteiger partial charge in [0.2, 0.25) is 0 Å². The van der Waals surface area contributed by atoms with Gasteiger partial charge in [0, 0.05) is 7.05 Å². The minimum atomic E-state index is -1.14. The van der Waals surface area contributed by atoms with Crippen molar-refractivity contribution in [3.8, 4) is 0 Å². The largest absolute Gasteiger partial charge is 0.480 e. The first kappa shape index (κ1) is 14.3. The first-order valence-corrected chi connectivity index (χ1v) is 6.60. The second-order valence-electron chi connectivity index (χ2n) is 5.21. The van der Waals surface area contributed by atoms with E-state index in [4.69, 9.17) is 0 Å². The zero-order chi connectivity index (χ0) is 14.8. The van der Waals surface area contributed by atoms with Crippen LogP contribution in [0.25, 0.3) is 0 Å². The van der Waals surface area contributed by atoms with Crippen molar-refractivity contribution in [3.05, 3.63) is 12.2 Å². The van der Waals surface area contributed by atoms with Gasteiger partial charge in [0.1, 0.15) is 11.9 Å². The van der Waals surface area contributed by atoms with Crippen molar-refractivity contribution in [2.75, 3.05) is 0 Å². The number of carboxylic acids is 1. The van der Waals surface area contributed by atoms with Gasteiger partial charge in [0.15, 0.2) is 5.82 Å². The average Bonchev–Trinajstić information content (AvgIpc) is 2.98. The molecule has 0 saturated heterocycles. The number of carbonyl (C=O) groups is 2. The molecule has 0 aromatic carbocycles. The predicted octanol–water partition coefficient (Wildman–Crippen LogP) is 0.573. The Labute approximate surface area is 116 Å². The van der Waals surface area contributed by atoms with Gasteiger partial charge in [-0.05, 0) is 19.8 Å². The Morgan fingerprint density at radius 1 is 1.45 bits per heavy atom. The second-order valence-corrected chi connectivity index (χ2v) is 5.21. The first-order valence-electron chi connectivity index (χ1n) is 6.60. The van der Waals surface area contributed by atoms with E-state index >= 15 is 0 Å². The molecular weight excluding hydrogens is 262 g/mol. The molecule has 1 aliphatic rings. The van der Waals surface area contributed by atoms with Gasteiger partial charge >= 0.3 is 12.0 Å². The number of carboxylic acid groups (broad SMARTS) is 1. The van der Waals surface area contributed by atoms with Gasteiger partial charge in [-0.3, -0.25) is 0 Å². The Balaban J connectivity index is 1.98. The van der Waals surface area contributed by atoms with E-state index in [1.807, 2.05) is 0 Å². The summed E-state index contributed by atoms with van der Waals surface area (Å²) in [5, 5.41) is 22.2. The average molecular weight is 281 g/mol. The lowest BCUT2D eigenvalue weighted by molar-refractivity contribution is -0.144. The molecule has 2 amide bonds. The molecule has 1 aromatic heterocycles. The number of aryl methyl sites for hydroxylation is 1. The minimum absolute atomic E-state index is 0.352. The molecule has 3 N–H and O–H groups in total. The van der Waals surface area contributed by atoms with Crippen LogP contribution in [0.3, 0.4) is 0 Å². The molecule has 1 fully saturated rings. The Morgan fingerprint density at radius 3 is 2.60 bits per heavy atom. The van der Waals surface area contributed by atoms with Crippen LogP contribution in [-0.2, 0) is 11.8 Å². The molecule has 1 aliphatic carbocycles. The molecule has 1 saturated carbocycles. The van der Waals surface area contributed by atoms with Crippen molar-refractivity contribution in [1.82, 2.24) is 25.4 Å². The standard InChI is InChI=1S/C12H19N5O3/c1-8(9-16-13-7-17(9)2)14-11(20)15-12(10(18)19)5-3-4-6-12/h7-8H,3-6H2,1-2H3,(H,18,19)(H2,14,15,20). The fourth-order valence-electron chi connectivity index (χ4n) is 2.57. The summed E-state index contributed by atoms with van der Waals surface area (Å²) >= 11 is 0. The number of hydrogen-bond donors (Lipinski definition) is 3. The number of nitrogens with one attached hydrogen (secondary N) is 2. The molecule has 110 valence electrons. The molecule has 20 heavy (non-hydrogen) atoms. The van der Waals surface area contributed by atoms with Crippen molar-refractivity contribution in [2.45, 2.75) is 44.2 Å². The van der Waals surface area contributed by atoms with Gasteiger partial charge in [0.05, 0.1) is 6.04 Å². The summed E-state index contributed by atoms with van der Waals surface area (Å²) in [7, 11) is 1.78. The highest BCUT2D eigenvalue weighted by molar-refractivity contribution is 5.86. The summed E-state index contributed by atoms with van der Waals surface area (Å²) in [6.07, 6.45) is 4.10. The number of aliphatic carboxylic acids is 1. The lowest BCUT2D eigenvalue weighted by atomic mass is 9.98. The maximum atomic E-state index is 12.0. The Bertz CT molecular complexity index is 507. The fourth-order valence-corrected chi connectivity index (χ4v) is 2.57. The van der Waals surface area contributed by atoms with Crippen molar-refractivity contribution in [1.29, 1.82) is 0 Å². The molecule has 8 nitrogen and oxygen atoms in total. The minimum Gasteiger partial charge on any atom is -0.480 e. The SMILES string of the molecule is CC(NC(=O)NC1(C(=O)O)CCCC1)c1nncn1C. The highest BCUT2D eigenvalue weighted by Crippen LogP contribution is 2.29. The van der Waals surface area contributed by atoms with Gasteiger partial charge in [-0.25, -0.2) is 9.59 Å². The molecule has 8 heteroatoms. The monoisotopic (exact) mass is 281 g/mol. The van der Waals surface area contributed by atoms with Crippen LogP contribution in [0.1, 0.15) is 44.5 Å². The normalized spacial score (nSPS) is 18.5. The zero-order valence-corrected chi connectivity index (χ0v) is 11.6. The maximum absolute atomic E-state index is 12.0. The van der Waals surface area contributed by atoms with E-state index in [0.717, 1.165) is 12.8 Å². The number of hydrogen-bond acceptors (Lipinski definition) is 4. The Morgan fingerprint density at radius 2 is 2.10 bits per heavy atom. The van der Waals surface area contributed by atoms with Gasteiger partial charge in [0.25, 0.3) is 0 Å². The topological polar surface area (TPSA) is 109 Å². The summed E-state index contributed by atoms with van der Waals surface area (Å²) < 4.78 is 1.70. The number of aromatic nitrogens is 3. The van der Waals surface area contributed by atoms with Gasteiger partial charge in [-0.15, -0.1) is 10.2 Å². The molecule has 1 heterocycles. The van der Waals surface area contributed by atoms with Crippen LogP contribution < -0.4 is 10.6 Å². The molecule has 1 atom stereocenters. The lowest BCUT2D eigenvalue weighted by Crippen LogP contribution is -2.55. The van der Waals surface area contributed by atoms with Crippen molar-refractivity contribution in [2.24, 2.45) is 7.05 Å². The van der Waals surface area contributed by atoms with E-state index in [9.17, 15) is 14.7 Å². The van der Waals surface area contributed by atoms with E-state index in [-0.39, 0.29) is 6.04 Å². The molecule has 0 bridgehead atoms. The van der Waals surface area contributed by atoms with Crippen LogP contribution in [0, 0.1) is 0 Å². The molecular formula is C12H19N5O3. The maximum Gasteiger partial charge on any atom is 0.329 e. The predicted molar refractivity (Wildman–Crippen MR) is 69.9 cm³/mol. The third-order valence-corrected chi connectivity index (χ3v) is 3.70. The van der Waals surface area contributed by atoms with Crippen LogP contribution in [0.4, 0.5) is 4.79 Å². The van der Waals surface area contributed by atoms with Crippen molar-refractivity contribution >= 4 is 12.0 Å². The second kappa shape index (κ2) is 5.48. The summed E-state index contributed by atoms with van der Waals surface area (Å²) in [6.45, 7) is 1.77. The molecule has 0 aliphatic heterocycles. The molecule has 0 radical (unpaired) electrons. The molecule has 2 rings (SSSR count). The third kappa shape index (κ3) is 2.73. The summed E-state index contributed by atoms with van der Waals surface area (Å²) in [4.78, 5) is 23.3. The molecule has 1 aromatic rings.